The Bertz CT molecular complexity index is 736. The minimum atomic E-state index is -3.80. The van der Waals surface area contributed by atoms with E-state index in [0.717, 1.165) is 0 Å². The summed E-state index contributed by atoms with van der Waals surface area (Å²) in [5, 5.41) is 0. The summed E-state index contributed by atoms with van der Waals surface area (Å²) in [6.07, 6.45) is 2.73. The molecule has 0 atom stereocenters. The molecule has 2 aromatic heterocycles. The third-order valence-electron chi connectivity index (χ3n) is 2.26. The number of ether oxygens (including phenoxy) is 1. The molecule has 0 aromatic carbocycles. The fourth-order valence-corrected chi connectivity index (χ4v) is 2.86. The van der Waals surface area contributed by atoms with E-state index in [0.29, 0.717) is 10.2 Å². The van der Waals surface area contributed by atoms with Crippen molar-refractivity contribution >= 4 is 31.9 Å². The first-order valence-corrected chi connectivity index (χ1v) is 7.71. The fraction of sp³-hybridized carbons (Fsp3) is 0.182. The predicted octanol–water partition coefficient (Wildman–Crippen LogP) is 1.75. The van der Waals surface area contributed by atoms with Gasteiger partial charge in [0.2, 0.25) is 11.8 Å². The molecule has 9 heteroatoms. The number of pyridine rings is 1. The molecule has 106 valence electrons. The van der Waals surface area contributed by atoms with Crippen LogP contribution in [0.4, 0.5) is 5.95 Å². The maximum Gasteiger partial charge on any atom is 0.265 e. The molecule has 1 N–H and O–H groups in total. The molecule has 0 radical (unpaired) electrons. The van der Waals surface area contributed by atoms with Gasteiger partial charge in [-0.2, -0.15) is 4.98 Å². The van der Waals surface area contributed by atoms with E-state index in [9.17, 15) is 8.42 Å². The second-order valence-corrected chi connectivity index (χ2v) is 6.42. The normalized spacial score (nSPS) is 11.2. The molecule has 0 saturated carbocycles. The van der Waals surface area contributed by atoms with E-state index in [-0.39, 0.29) is 16.7 Å². The molecule has 0 fully saturated rings. The number of hydrogen-bond donors (Lipinski definition) is 1. The minimum Gasteiger partial charge on any atom is -0.481 e. The zero-order valence-electron chi connectivity index (χ0n) is 10.7. The zero-order valence-corrected chi connectivity index (χ0v) is 13.1. The smallest absolute Gasteiger partial charge is 0.265 e. The number of aryl methyl sites for hydroxylation is 1. The van der Waals surface area contributed by atoms with Crippen molar-refractivity contribution < 1.29 is 13.2 Å². The van der Waals surface area contributed by atoms with Gasteiger partial charge in [-0.05, 0) is 28.9 Å². The number of halogens is 1. The number of nitrogens with zero attached hydrogens (tertiary/aromatic N) is 3. The summed E-state index contributed by atoms with van der Waals surface area (Å²) in [6, 6.07) is 3.03. The van der Waals surface area contributed by atoms with Crippen LogP contribution in [0.2, 0.25) is 0 Å². The minimum absolute atomic E-state index is 0.0101. The maximum atomic E-state index is 12.2. The van der Waals surface area contributed by atoms with Crippen LogP contribution in [0.1, 0.15) is 5.69 Å². The van der Waals surface area contributed by atoms with Crippen molar-refractivity contribution in [2.75, 3.05) is 11.8 Å². The lowest BCUT2D eigenvalue weighted by molar-refractivity contribution is 0.397. The SMILES string of the molecule is COc1cc(C)nc(NS(=O)(=O)c2cncc(Br)c2)n1. The number of methoxy groups -OCH3 is 1. The van der Waals surface area contributed by atoms with Gasteiger partial charge < -0.3 is 4.74 Å². The van der Waals surface area contributed by atoms with Gasteiger partial charge in [0, 0.05) is 28.6 Å². The van der Waals surface area contributed by atoms with Gasteiger partial charge in [0.05, 0.1) is 7.11 Å². The van der Waals surface area contributed by atoms with E-state index in [4.69, 9.17) is 4.74 Å². The van der Waals surface area contributed by atoms with Gasteiger partial charge in [0.15, 0.2) is 0 Å². The van der Waals surface area contributed by atoms with Crippen LogP contribution >= 0.6 is 15.9 Å². The number of anilines is 1. The third-order valence-corrected chi connectivity index (χ3v) is 3.98. The first-order chi connectivity index (χ1) is 9.40. The lowest BCUT2D eigenvalue weighted by atomic mass is 10.4. The van der Waals surface area contributed by atoms with Crippen molar-refractivity contribution in [3.05, 3.63) is 34.7 Å². The zero-order chi connectivity index (χ0) is 14.8. The van der Waals surface area contributed by atoms with Crippen molar-refractivity contribution in [3.8, 4) is 5.88 Å². The third kappa shape index (κ3) is 3.42. The van der Waals surface area contributed by atoms with Gasteiger partial charge >= 0.3 is 0 Å². The van der Waals surface area contributed by atoms with Gasteiger partial charge in [0.1, 0.15) is 4.90 Å². The average Bonchev–Trinajstić information content (AvgIpc) is 2.37. The molecule has 2 aromatic rings. The largest absolute Gasteiger partial charge is 0.481 e. The topological polar surface area (TPSA) is 94.1 Å². The summed E-state index contributed by atoms with van der Waals surface area (Å²) in [6.45, 7) is 1.71. The molecule has 7 nitrogen and oxygen atoms in total. The van der Waals surface area contributed by atoms with Crippen LogP contribution in [0.15, 0.2) is 33.9 Å². The summed E-state index contributed by atoms with van der Waals surface area (Å²) in [5.41, 5.74) is 0.585. The Balaban J connectivity index is 2.35. The van der Waals surface area contributed by atoms with Crippen molar-refractivity contribution in [1.82, 2.24) is 15.0 Å². The number of aromatic nitrogens is 3. The lowest BCUT2D eigenvalue weighted by Crippen LogP contribution is -2.16. The molecule has 0 aliphatic carbocycles. The molecular formula is C11H11BrN4O3S. The van der Waals surface area contributed by atoms with Crippen LogP contribution in [0.3, 0.4) is 0 Å². The summed E-state index contributed by atoms with van der Waals surface area (Å²) in [7, 11) is -2.36. The summed E-state index contributed by atoms with van der Waals surface area (Å²) in [5.74, 6) is 0.226. The van der Waals surface area contributed by atoms with Crippen molar-refractivity contribution in [1.29, 1.82) is 0 Å². The van der Waals surface area contributed by atoms with Gasteiger partial charge in [-0.25, -0.2) is 18.1 Å². The molecule has 0 amide bonds. The van der Waals surface area contributed by atoms with Crippen LogP contribution in [0.25, 0.3) is 0 Å². The Kier molecular flexibility index (Phi) is 4.19. The Morgan fingerprint density at radius 2 is 2.00 bits per heavy atom. The maximum absolute atomic E-state index is 12.2. The van der Waals surface area contributed by atoms with Crippen molar-refractivity contribution in [2.45, 2.75) is 11.8 Å². The van der Waals surface area contributed by atoms with E-state index in [1.807, 2.05) is 0 Å². The molecule has 2 rings (SSSR count). The quantitative estimate of drug-likeness (QED) is 0.894. The van der Waals surface area contributed by atoms with Crippen LogP contribution in [0, 0.1) is 6.92 Å². The highest BCUT2D eigenvalue weighted by Crippen LogP contribution is 2.18. The molecule has 0 bridgehead atoms. The van der Waals surface area contributed by atoms with Crippen LogP contribution in [-0.2, 0) is 10.0 Å². The first-order valence-electron chi connectivity index (χ1n) is 5.44. The van der Waals surface area contributed by atoms with Crippen molar-refractivity contribution in [3.63, 3.8) is 0 Å². The Labute approximate surface area is 124 Å². The number of nitrogens with one attached hydrogen (secondary N) is 1. The van der Waals surface area contributed by atoms with Crippen LogP contribution in [-0.4, -0.2) is 30.5 Å². The Morgan fingerprint density at radius 3 is 2.65 bits per heavy atom. The van der Waals surface area contributed by atoms with Crippen molar-refractivity contribution in [2.24, 2.45) is 0 Å². The molecule has 0 aliphatic heterocycles. The van der Waals surface area contributed by atoms with Gasteiger partial charge in [0.25, 0.3) is 10.0 Å². The average molecular weight is 359 g/mol. The molecule has 0 unspecified atom stereocenters. The summed E-state index contributed by atoms with van der Waals surface area (Å²) in [4.78, 5) is 11.8. The fourth-order valence-electron chi connectivity index (χ4n) is 1.41. The second-order valence-electron chi connectivity index (χ2n) is 3.82. The number of sulfonamides is 1. The van der Waals surface area contributed by atoms with E-state index < -0.39 is 10.0 Å². The van der Waals surface area contributed by atoms with E-state index in [1.165, 1.54) is 25.6 Å². The van der Waals surface area contributed by atoms with E-state index in [1.54, 1.807) is 13.0 Å². The van der Waals surface area contributed by atoms with Crippen LogP contribution in [0.5, 0.6) is 5.88 Å². The summed E-state index contributed by atoms with van der Waals surface area (Å²) >= 11 is 3.17. The van der Waals surface area contributed by atoms with Gasteiger partial charge in [-0.1, -0.05) is 0 Å². The Hall–Kier alpha value is -1.74. The molecule has 20 heavy (non-hydrogen) atoms. The predicted molar refractivity (Wildman–Crippen MR) is 76.1 cm³/mol. The van der Waals surface area contributed by atoms with E-state index in [2.05, 4.69) is 35.6 Å². The monoisotopic (exact) mass is 358 g/mol. The molecule has 0 spiro atoms. The van der Waals surface area contributed by atoms with Crippen LogP contribution < -0.4 is 9.46 Å². The second kappa shape index (κ2) is 5.71. The number of hydrogen-bond acceptors (Lipinski definition) is 6. The van der Waals surface area contributed by atoms with Gasteiger partial charge in [-0.15, -0.1) is 0 Å². The van der Waals surface area contributed by atoms with Gasteiger partial charge in [-0.3, -0.25) is 4.98 Å². The highest BCUT2D eigenvalue weighted by molar-refractivity contribution is 9.10. The lowest BCUT2D eigenvalue weighted by Gasteiger charge is -2.08. The van der Waals surface area contributed by atoms with E-state index >= 15 is 0 Å². The molecule has 0 saturated heterocycles. The molecular weight excluding hydrogens is 348 g/mol. The standard InChI is InChI=1S/C11H11BrN4O3S/c1-7-3-10(19-2)15-11(14-7)16-20(17,18)9-4-8(12)5-13-6-9/h3-6H,1-2H3,(H,14,15,16). The highest BCUT2D eigenvalue weighted by atomic mass is 79.9. The number of rotatable bonds is 4. The molecule has 0 aliphatic rings. The molecule has 2 heterocycles. The highest BCUT2D eigenvalue weighted by Gasteiger charge is 2.17. The summed E-state index contributed by atoms with van der Waals surface area (Å²) < 4.78 is 32.2. The first kappa shape index (κ1) is 14.7. The Morgan fingerprint density at radius 1 is 1.25 bits per heavy atom.